The number of aryl methyl sites for hydroxylation is 1. The molecular formula is C35H30FN3O3S2. The first-order chi connectivity index (χ1) is 21.3. The zero-order chi connectivity index (χ0) is 31.0. The summed E-state index contributed by atoms with van der Waals surface area (Å²) in [4.78, 5) is 34.4. The van der Waals surface area contributed by atoms with E-state index >= 15 is 0 Å². The Morgan fingerprint density at radius 1 is 1.05 bits per heavy atom. The maximum Gasteiger partial charge on any atom is 0.338 e. The molecule has 0 fully saturated rings. The molecule has 0 radical (unpaired) electrons. The van der Waals surface area contributed by atoms with Gasteiger partial charge < -0.3 is 9.30 Å². The third-order valence-corrected chi connectivity index (χ3v) is 9.37. The highest BCUT2D eigenvalue weighted by Gasteiger charge is 2.35. The molecule has 1 atom stereocenters. The van der Waals surface area contributed by atoms with Crippen LogP contribution in [0.3, 0.4) is 0 Å². The number of thioether (sulfide) groups is 1. The van der Waals surface area contributed by atoms with Gasteiger partial charge in [-0.25, -0.2) is 14.2 Å². The largest absolute Gasteiger partial charge is 0.463 e. The van der Waals surface area contributed by atoms with Crippen LogP contribution in [0.2, 0.25) is 0 Å². The Morgan fingerprint density at radius 3 is 2.41 bits per heavy atom. The van der Waals surface area contributed by atoms with E-state index in [1.54, 1.807) is 35.4 Å². The van der Waals surface area contributed by atoms with Crippen LogP contribution in [-0.4, -0.2) is 28.0 Å². The van der Waals surface area contributed by atoms with Gasteiger partial charge in [0.1, 0.15) is 5.82 Å². The van der Waals surface area contributed by atoms with Gasteiger partial charge in [0.15, 0.2) is 4.80 Å². The summed E-state index contributed by atoms with van der Waals surface area (Å²) >= 11 is 2.91. The van der Waals surface area contributed by atoms with Crippen LogP contribution in [0.15, 0.2) is 105 Å². The van der Waals surface area contributed by atoms with Gasteiger partial charge in [-0.3, -0.25) is 9.36 Å². The minimum absolute atomic E-state index is 0.191. The van der Waals surface area contributed by atoms with Crippen molar-refractivity contribution in [3.8, 4) is 5.69 Å². The Morgan fingerprint density at radius 2 is 1.75 bits per heavy atom. The van der Waals surface area contributed by atoms with E-state index in [4.69, 9.17) is 9.73 Å². The van der Waals surface area contributed by atoms with Gasteiger partial charge >= 0.3 is 5.97 Å². The molecule has 0 aliphatic carbocycles. The second kappa shape index (κ2) is 12.3. The quantitative estimate of drug-likeness (QED) is 0.160. The van der Waals surface area contributed by atoms with E-state index in [0.717, 1.165) is 38.7 Å². The first kappa shape index (κ1) is 29.6. The molecule has 0 amide bonds. The van der Waals surface area contributed by atoms with Crippen LogP contribution in [0.1, 0.15) is 41.0 Å². The molecule has 0 N–H and O–H groups in total. The predicted octanol–water partition coefficient (Wildman–Crippen LogP) is 6.20. The monoisotopic (exact) mass is 623 g/mol. The zero-order valence-corrected chi connectivity index (χ0v) is 26.3. The van der Waals surface area contributed by atoms with Crippen molar-refractivity contribution in [3.05, 3.63) is 144 Å². The Hall–Kier alpha value is -4.47. The van der Waals surface area contributed by atoms with Crippen molar-refractivity contribution in [3.63, 3.8) is 0 Å². The van der Waals surface area contributed by atoms with Crippen LogP contribution in [-0.2, 0) is 9.53 Å². The summed E-state index contributed by atoms with van der Waals surface area (Å²) in [7, 11) is 0. The zero-order valence-electron chi connectivity index (χ0n) is 24.7. The number of thiazole rings is 1. The van der Waals surface area contributed by atoms with Crippen LogP contribution in [0.25, 0.3) is 17.5 Å². The third-order valence-electron chi connectivity index (χ3n) is 7.65. The molecule has 44 heavy (non-hydrogen) atoms. The minimum atomic E-state index is -0.731. The standard InChI is InChI=1S/C35H30FN3O3S2/c1-5-42-34(41)30-31(23-9-7-6-8-10-23)37-35-39(32(30)24-11-17-28(43-4)18-12-24)33(40)29(44-35)20-25-19-21(2)38(22(25)3)27-15-13-26(36)14-16-27/h6-20,32H,5H2,1-4H3/b29-20+. The fourth-order valence-electron chi connectivity index (χ4n) is 5.60. The lowest BCUT2D eigenvalue weighted by Gasteiger charge is -2.26. The Kier molecular flexibility index (Phi) is 8.25. The Labute approximate surface area is 262 Å². The molecule has 5 aromatic rings. The molecule has 6 rings (SSSR count). The lowest BCUT2D eigenvalue weighted by molar-refractivity contribution is -0.138. The van der Waals surface area contributed by atoms with E-state index in [1.807, 2.05) is 91.4 Å². The summed E-state index contributed by atoms with van der Waals surface area (Å²) in [6, 6.07) is 25.0. The van der Waals surface area contributed by atoms with Crippen LogP contribution in [0, 0.1) is 19.7 Å². The van der Waals surface area contributed by atoms with Gasteiger partial charge in [0, 0.05) is 27.5 Å². The lowest BCUT2D eigenvalue weighted by atomic mass is 9.93. The maximum atomic E-state index is 14.3. The molecule has 0 spiro atoms. The van der Waals surface area contributed by atoms with E-state index in [2.05, 4.69) is 0 Å². The number of nitrogens with zero attached hydrogens (tertiary/aromatic N) is 3. The molecule has 1 unspecified atom stereocenters. The number of halogens is 1. The number of ether oxygens (including phenoxy) is 1. The summed E-state index contributed by atoms with van der Waals surface area (Å²) in [5.41, 5.74) is 5.70. The number of fused-ring (bicyclic) bond motifs is 1. The second-order valence-electron chi connectivity index (χ2n) is 10.3. The smallest absolute Gasteiger partial charge is 0.338 e. The molecule has 6 nitrogen and oxygen atoms in total. The highest BCUT2D eigenvalue weighted by Crippen LogP contribution is 2.35. The van der Waals surface area contributed by atoms with Crippen molar-refractivity contribution in [2.24, 2.45) is 4.99 Å². The van der Waals surface area contributed by atoms with E-state index in [-0.39, 0.29) is 18.0 Å². The van der Waals surface area contributed by atoms with Gasteiger partial charge in [-0.05, 0) is 86.7 Å². The summed E-state index contributed by atoms with van der Waals surface area (Å²) < 4.78 is 23.3. The third kappa shape index (κ3) is 5.37. The SMILES string of the molecule is CCOC(=O)C1=C(c2ccccc2)N=c2s/c(=C/c3cc(C)n(-c4ccc(F)cc4)c3C)c(=O)n2C1c1ccc(SC)cc1. The number of carbonyl (C=O) groups is 1. The van der Waals surface area contributed by atoms with Crippen molar-refractivity contribution in [1.29, 1.82) is 0 Å². The number of hydrogen-bond donors (Lipinski definition) is 0. The number of aromatic nitrogens is 2. The van der Waals surface area contributed by atoms with Gasteiger partial charge in [0.2, 0.25) is 0 Å². The summed E-state index contributed by atoms with van der Waals surface area (Å²) in [6.45, 7) is 5.91. The summed E-state index contributed by atoms with van der Waals surface area (Å²) in [6.07, 6.45) is 3.87. The van der Waals surface area contributed by atoms with Crippen molar-refractivity contribution in [2.45, 2.75) is 31.7 Å². The molecule has 0 saturated heterocycles. The lowest BCUT2D eigenvalue weighted by Crippen LogP contribution is -2.40. The highest BCUT2D eigenvalue weighted by atomic mass is 32.2. The van der Waals surface area contributed by atoms with Crippen molar-refractivity contribution in [1.82, 2.24) is 9.13 Å². The number of benzene rings is 3. The van der Waals surface area contributed by atoms with Crippen LogP contribution >= 0.6 is 23.1 Å². The molecule has 3 heterocycles. The average Bonchev–Trinajstić information content (AvgIpc) is 3.50. The van der Waals surface area contributed by atoms with E-state index in [1.165, 1.54) is 23.5 Å². The number of rotatable bonds is 7. The van der Waals surface area contributed by atoms with E-state index < -0.39 is 12.0 Å². The van der Waals surface area contributed by atoms with Crippen LogP contribution < -0.4 is 14.9 Å². The van der Waals surface area contributed by atoms with Gasteiger partial charge in [-0.1, -0.05) is 53.8 Å². The Bertz CT molecular complexity index is 2070. The van der Waals surface area contributed by atoms with E-state index in [9.17, 15) is 14.0 Å². The van der Waals surface area contributed by atoms with Gasteiger partial charge in [-0.15, -0.1) is 11.8 Å². The summed E-state index contributed by atoms with van der Waals surface area (Å²) in [5, 5.41) is 0. The molecule has 0 saturated carbocycles. The van der Waals surface area contributed by atoms with Crippen LogP contribution in [0.5, 0.6) is 0 Å². The van der Waals surface area contributed by atoms with Gasteiger partial charge in [-0.2, -0.15) is 0 Å². The second-order valence-corrected chi connectivity index (χ2v) is 12.2. The minimum Gasteiger partial charge on any atom is -0.463 e. The normalized spacial score (nSPS) is 14.8. The molecule has 2 aromatic heterocycles. The molecule has 1 aliphatic heterocycles. The molecule has 0 bridgehead atoms. The molecular weight excluding hydrogens is 594 g/mol. The topological polar surface area (TPSA) is 65.6 Å². The first-order valence-corrected chi connectivity index (χ1v) is 16.2. The Balaban J connectivity index is 1.59. The fourth-order valence-corrected chi connectivity index (χ4v) is 7.00. The summed E-state index contributed by atoms with van der Waals surface area (Å²) in [5.74, 6) is -0.807. The van der Waals surface area contributed by atoms with Crippen molar-refractivity contribution in [2.75, 3.05) is 12.9 Å². The predicted molar refractivity (Wildman–Crippen MR) is 174 cm³/mol. The number of carbonyl (C=O) groups excluding carboxylic acids is 1. The molecule has 222 valence electrons. The molecule has 1 aliphatic rings. The highest BCUT2D eigenvalue weighted by molar-refractivity contribution is 7.98. The molecule has 9 heteroatoms. The van der Waals surface area contributed by atoms with Gasteiger partial charge in [0.25, 0.3) is 5.56 Å². The molecule has 3 aromatic carbocycles. The number of esters is 1. The maximum absolute atomic E-state index is 14.3. The van der Waals surface area contributed by atoms with Crippen LogP contribution in [0.4, 0.5) is 4.39 Å². The first-order valence-electron chi connectivity index (χ1n) is 14.2. The average molecular weight is 624 g/mol. The van der Waals surface area contributed by atoms with Crippen molar-refractivity contribution >= 4 is 40.8 Å². The van der Waals surface area contributed by atoms with Gasteiger partial charge in [0.05, 0.1) is 28.5 Å². The number of hydrogen-bond acceptors (Lipinski definition) is 6. The van der Waals surface area contributed by atoms with Crippen molar-refractivity contribution < 1.29 is 13.9 Å². The van der Waals surface area contributed by atoms with E-state index in [0.29, 0.717) is 20.6 Å². The fraction of sp³-hybridized carbons (Fsp3) is 0.171.